The SMILES string of the molecule is Cc1cc(CNC(=O)C(O)c2ccc(-c3noc(-c4onc(-c5ccccc5)c4C(F)(F)F)n3)cc2)n(C)n1. The summed E-state index contributed by atoms with van der Waals surface area (Å²) >= 11 is 0. The number of rotatable bonds is 7. The molecule has 0 radical (unpaired) electrons. The van der Waals surface area contributed by atoms with E-state index in [2.05, 4.69) is 25.7 Å². The predicted octanol–water partition coefficient (Wildman–Crippen LogP) is 4.47. The van der Waals surface area contributed by atoms with Crippen LogP contribution in [0.2, 0.25) is 0 Å². The Morgan fingerprint density at radius 2 is 1.77 bits per heavy atom. The molecule has 1 atom stereocenters. The van der Waals surface area contributed by atoms with Crippen molar-refractivity contribution in [2.45, 2.75) is 25.7 Å². The van der Waals surface area contributed by atoms with E-state index in [1.54, 1.807) is 29.9 Å². The van der Waals surface area contributed by atoms with Crippen LogP contribution in [0.5, 0.6) is 0 Å². The van der Waals surface area contributed by atoms with Crippen LogP contribution >= 0.6 is 0 Å². The van der Waals surface area contributed by atoms with E-state index >= 15 is 0 Å². The molecule has 1 amide bonds. The molecular formula is C26H21F3N6O4. The zero-order chi connectivity index (χ0) is 27.7. The highest BCUT2D eigenvalue weighted by Crippen LogP contribution is 2.43. The minimum atomic E-state index is -4.80. The minimum absolute atomic E-state index is 0.0205. The molecule has 5 aromatic rings. The molecule has 0 aliphatic carbocycles. The molecule has 2 aromatic carbocycles. The minimum Gasteiger partial charge on any atom is -0.378 e. The topological polar surface area (TPSA) is 132 Å². The summed E-state index contributed by atoms with van der Waals surface area (Å²) in [4.78, 5) is 16.5. The van der Waals surface area contributed by atoms with Crippen molar-refractivity contribution in [3.05, 3.63) is 83.2 Å². The van der Waals surface area contributed by atoms with E-state index in [1.165, 1.54) is 36.4 Å². The van der Waals surface area contributed by atoms with Gasteiger partial charge in [-0.25, -0.2) is 0 Å². The average Bonchev–Trinajstić information content (AvgIpc) is 3.65. The molecule has 0 aliphatic heterocycles. The number of aliphatic hydroxyl groups excluding tert-OH is 1. The number of amides is 1. The standard InChI is InChI=1S/C26H21F3N6O4/c1-14-12-18(35(2)32-14)13-30-24(37)21(36)16-8-10-17(11-9-16)23-31-25(39-34-23)22-19(26(27,28)29)20(33-38-22)15-6-4-3-5-7-15/h3-12,21,36H,13H2,1-2H3,(H,30,37). The van der Waals surface area contributed by atoms with Crippen LogP contribution in [-0.2, 0) is 24.6 Å². The highest BCUT2D eigenvalue weighted by Gasteiger charge is 2.43. The van der Waals surface area contributed by atoms with Crippen molar-refractivity contribution in [1.29, 1.82) is 0 Å². The molecule has 3 heterocycles. The number of aliphatic hydroxyl groups is 1. The predicted molar refractivity (Wildman–Crippen MR) is 130 cm³/mol. The largest absolute Gasteiger partial charge is 0.422 e. The molecule has 0 saturated carbocycles. The third kappa shape index (κ3) is 5.29. The first kappa shape index (κ1) is 25.9. The summed E-state index contributed by atoms with van der Waals surface area (Å²) in [5, 5.41) is 24.7. The Morgan fingerprint density at radius 3 is 2.41 bits per heavy atom. The molecule has 10 nitrogen and oxygen atoms in total. The third-order valence-electron chi connectivity index (χ3n) is 5.92. The fourth-order valence-corrected chi connectivity index (χ4v) is 3.99. The highest BCUT2D eigenvalue weighted by molar-refractivity contribution is 5.82. The lowest BCUT2D eigenvalue weighted by molar-refractivity contribution is -0.137. The third-order valence-corrected chi connectivity index (χ3v) is 5.92. The molecule has 0 saturated heterocycles. The molecule has 3 aromatic heterocycles. The Hall–Kier alpha value is -4.78. The number of carbonyl (C=O) groups is 1. The van der Waals surface area contributed by atoms with Crippen LogP contribution in [0, 0.1) is 6.92 Å². The number of hydrogen-bond acceptors (Lipinski definition) is 8. The van der Waals surface area contributed by atoms with Crippen LogP contribution in [0.15, 0.2) is 69.7 Å². The van der Waals surface area contributed by atoms with Crippen LogP contribution in [0.25, 0.3) is 34.3 Å². The first-order valence-corrected chi connectivity index (χ1v) is 11.6. The van der Waals surface area contributed by atoms with Gasteiger partial charge in [-0.3, -0.25) is 9.48 Å². The Balaban J connectivity index is 1.33. The summed E-state index contributed by atoms with van der Waals surface area (Å²) < 4.78 is 53.6. The van der Waals surface area contributed by atoms with Crippen LogP contribution in [0.4, 0.5) is 13.2 Å². The number of benzene rings is 2. The zero-order valence-electron chi connectivity index (χ0n) is 20.6. The quantitative estimate of drug-likeness (QED) is 0.310. The fourth-order valence-electron chi connectivity index (χ4n) is 3.99. The maximum atomic E-state index is 14.0. The van der Waals surface area contributed by atoms with Crippen LogP contribution in [0.1, 0.15) is 28.6 Å². The first-order chi connectivity index (χ1) is 18.6. The van der Waals surface area contributed by atoms with Gasteiger partial charge in [-0.05, 0) is 18.6 Å². The molecule has 0 spiro atoms. The van der Waals surface area contributed by atoms with Gasteiger partial charge >= 0.3 is 6.18 Å². The molecule has 13 heteroatoms. The molecule has 0 bridgehead atoms. The highest BCUT2D eigenvalue weighted by atomic mass is 19.4. The van der Waals surface area contributed by atoms with Crippen molar-refractivity contribution < 1.29 is 32.1 Å². The van der Waals surface area contributed by atoms with Crippen molar-refractivity contribution in [3.63, 3.8) is 0 Å². The summed E-state index contributed by atoms with van der Waals surface area (Å²) in [6.45, 7) is 2.02. The zero-order valence-corrected chi connectivity index (χ0v) is 20.6. The second kappa shape index (κ2) is 10.2. The van der Waals surface area contributed by atoms with Crippen LogP contribution < -0.4 is 5.32 Å². The van der Waals surface area contributed by atoms with Gasteiger partial charge in [0.25, 0.3) is 11.8 Å². The summed E-state index contributed by atoms with van der Waals surface area (Å²) in [6, 6.07) is 15.6. The molecule has 2 N–H and O–H groups in total. The number of carbonyl (C=O) groups excluding carboxylic acids is 1. The van der Waals surface area contributed by atoms with Crippen molar-refractivity contribution in [1.82, 2.24) is 30.4 Å². The number of aryl methyl sites for hydroxylation is 2. The van der Waals surface area contributed by atoms with Gasteiger partial charge in [0, 0.05) is 18.2 Å². The Kier molecular flexibility index (Phi) is 6.74. The van der Waals surface area contributed by atoms with E-state index in [-0.39, 0.29) is 17.9 Å². The van der Waals surface area contributed by atoms with Crippen LogP contribution in [-0.4, -0.2) is 36.1 Å². The molecule has 200 valence electrons. The Morgan fingerprint density at radius 1 is 1.05 bits per heavy atom. The van der Waals surface area contributed by atoms with Gasteiger partial charge in [0.15, 0.2) is 6.10 Å². The summed E-state index contributed by atoms with van der Waals surface area (Å²) in [6.07, 6.45) is -6.25. The van der Waals surface area contributed by atoms with Gasteiger partial charge in [0.05, 0.1) is 17.9 Å². The van der Waals surface area contributed by atoms with Crippen molar-refractivity contribution in [3.8, 4) is 34.3 Å². The van der Waals surface area contributed by atoms with Crippen molar-refractivity contribution in [2.24, 2.45) is 7.05 Å². The Labute approximate surface area is 219 Å². The lowest BCUT2D eigenvalue weighted by Gasteiger charge is -2.12. The second-order valence-corrected chi connectivity index (χ2v) is 8.67. The van der Waals surface area contributed by atoms with E-state index in [9.17, 15) is 23.1 Å². The maximum absolute atomic E-state index is 14.0. The van der Waals surface area contributed by atoms with E-state index < -0.39 is 41.1 Å². The molecule has 1 unspecified atom stereocenters. The van der Waals surface area contributed by atoms with Gasteiger partial charge in [0.2, 0.25) is 11.6 Å². The lowest BCUT2D eigenvalue weighted by Crippen LogP contribution is -2.29. The number of alkyl halides is 3. The van der Waals surface area contributed by atoms with E-state index in [0.717, 1.165) is 11.4 Å². The maximum Gasteiger partial charge on any atom is 0.422 e. The average molecular weight is 538 g/mol. The van der Waals surface area contributed by atoms with Gasteiger partial charge in [-0.15, -0.1) is 0 Å². The van der Waals surface area contributed by atoms with Crippen molar-refractivity contribution >= 4 is 5.91 Å². The normalized spacial score (nSPS) is 12.5. The smallest absolute Gasteiger partial charge is 0.378 e. The molecule has 0 aliphatic rings. The summed E-state index contributed by atoms with van der Waals surface area (Å²) in [5.74, 6) is -1.83. The van der Waals surface area contributed by atoms with Gasteiger partial charge < -0.3 is 19.5 Å². The van der Waals surface area contributed by atoms with Gasteiger partial charge in [0.1, 0.15) is 11.3 Å². The lowest BCUT2D eigenvalue weighted by atomic mass is 10.1. The summed E-state index contributed by atoms with van der Waals surface area (Å²) in [7, 11) is 1.75. The second-order valence-electron chi connectivity index (χ2n) is 8.67. The molecule has 0 fully saturated rings. The van der Waals surface area contributed by atoms with E-state index in [4.69, 9.17) is 9.05 Å². The summed E-state index contributed by atoms with van der Waals surface area (Å²) in [5.41, 5.74) is 0.937. The monoisotopic (exact) mass is 538 g/mol. The Bertz CT molecular complexity index is 1610. The van der Waals surface area contributed by atoms with Crippen molar-refractivity contribution in [2.75, 3.05) is 0 Å². The number of halogens is 3. The number of nitrogens with one attached hydrogen (secondary N) is 1. The molecule has 39 heavy (non-hydrogen) atoms. The van der Waals surface area contributed by atoms with E-state index in [0.29, 0.717) is 11.1 Å². The molecular weight excluding hydrogens is 517 g/mol. The number of hydrogen-bond donors (Lipinski definition) is 2. The fraction of sp³-hybridized carbons (Fsp3) is 0.192. The first-order valence-electron chi connectivity index (χ1n) is 11.6. The van der Waals surface area contributed by atoms with Gasteiger partial charge in [-0.1, -0.05) is 64.9 Å². The molecule has 5 rings (SSSR count). The number of aromatic nitrogens is 5. The van der Waals surface area contributed by atoms with Crippen LogP contribution in [0.3, 0.4) is 0 Å². The van der Waals surface area contributed by atoms with Gasteiger partial charge in [-0.2, -0.15) is 23.3 Å². The van der Waals surface area contributed by atoms with E-state index in [1.807, 2.05) is 13.0 Å². The number of nitrogens with zero attached hydrogens (tertiary/aromatic N) is 5.